The van der Waals surface area contributed by atoms with Gasteiger partial charge in [0.15, 0.2) is 0 Å². The molecule has 0 spiro atoms. The van der Waals surface area contributed by atoms with Crippen LogP contribution in [0, 0.1) is 0 Å². The molecule has 0 saturated carbocycles. The van der Waals surface area contributed by atoms with Crippen molar-refractivity contribution in [3.63, 3.8) is 0 Å². The van der Waals surface area contributed by atoms with E-state index in [0.29, 0.717) is 6.04 Å². The number of allylic oxidation sites excluding steroid dienone is 1. The molecule has 1 atom stereocenters. The molecule has 104 valence electrons. The van der Waals surface area contributed by atoms with Crippen LogP contribution in [0.2, 0.25) is 0 Å². The summed E-state index contributed by atoms with van der Waals surface area (Å²) in [7, 11) is 0. The molecule has 0 amide bonds. The van der Waals surface area contributed by atoms with E-state index in [1.54, 1.807) is 5.57 Å². The largest absolute Gasteiger partial charge is 0.310 e. The first-order valence-corrected chi connectivity index (χ1v) is 7.71. The second-order valence-corrected chi connectivity index (χ2v) is 5.43. The molecule has 0 bridgehead atoms. The van der Waals surface area contributed by atoms with E-state index >= 15 is 0 Å². The van der Waals surface area contributed by atoms with Crippen molar-refractivity contribution in [2.75, 3.05) is 6.54 Å². The molecular formula is C17H26N2. The van der Waals surface area contributed by atoms with Crippen LogP contribution in [0.15, 0.2) is 36.2 Å². The maximum Gasteiger partial charge on any atom is 0.0282 e. The minimum atomic E-state index is 0.577. The summed E-state index contributed by atoms with van der Waals surface area (Å²) in [6.07, 6.45) is 15.1. The maximum absolute atomic E-state index is 4.08. The number of hydrogen-bond acceptors (Lipinski definition) is 2. The van der Waals surface area contributed by atoms with Crippen LogP contribution in [0.25, 0.3) is 0 Å². The van der Waals surface area contributed by atoms with Gasteiger partial charge in [0.1, 0.15) is 0 Å². The molecule has 0 radical (unpaired) electrons. The number of hydrogen-bond donors (Lipinski definition) is 1. The third-order valence-corrected chi connectivity index (χ3v) is 3.89. The highest BCUT2D eigenvalue weighted by Gasteiger charge is 2.15. The monoisotopic (exact) mass is 258 g/mol. The lowest BCUT2D eigenvalue weighted by molar-refractivity contribution is 0.502. The first-order chi connectivity index (χ1) is 9.40. The van der Waals surface area contributed by atoms with Gasteiger partial charge in [-0.15, -0.1) is 0 Å². The standard InChI is InChI=1S/C17H26N2/c1-2-12-19-17(16-6-4-3-5-7-16)9-8-15-10-13-18-14-11-15/h6,10-11,13-14,17,19H,2-5,7-9,12H2,1H3. The Morgan fingerprint density at radius 1 is 1.26 bits per heavy atom. The lowest BCUT2D eigenvalue weighted by Crippen LogP contribution is -2.32. The van der Waals surface area contributed by atoms with Gasteiger partial charge in [-0.3, -0.25) is 4.98 Å². The van der Waals surface area contributed by atoms with E-state index in [1.807, 2.05) is 12.4 Å². The van der Waals surface area contributed by atoms with Crippen LogP contribution >= 0.6 is 0 Å². The topological polar surface area (TPSA) is 24.9 Å². The van der Waals surface area contributed by atoms with Crippen LogP contribution in [0.3, 0.4) is 0 Å². The van der Waals surface area contributed by atoms with Gasteiger partial charge in [-0.2, -0.15) is 0 Å². The van der Waals surface area contributed by atoms with E-state index in [4.69, 9.17) is 0 Å². The van der Waals surface area contributed by atoms with Crippen molar-refractivity contribution in [2.24, 2.45) is 0 Å². The zero-order valence-corrected chi connectivity index (χ0v) is 12.1. The molecule has 2 nitrogen and oxygen atoms in total. The molecule has 1 aromatic heterocycles. The first-order valence-electron chi connectivity index (χ1n) is 7.71. The van der Waals surface area contributed by atoms with Gasteiger partial charge < -0.3 is 5.32 Å². The molecular weight excluding hydrogens is 232 g/mol. The van der Waals surface area contributed by atoms with Gasteiger partial charge >= 0.3 is 0 Å². The van der Waals surface area contributed by atoms with Crippen LogP contribution in [-0.2, 0) is 6.42 Å². The lowest BCUT2D eigenvalue weighted by Gasteiger charge is -2.24. The van der Waals surface area contributed by atoms with Crippen LogP contribution < -0.4 is 5.32 Å². The maximum atomic E-state index is 4.08. The quantitative estimate of drug-likeness (QED) is 0.751. The van der Waals surface area contributed by atoms with Crippen LogP contribution in [0.1, 0.15) is 51.0 Å². The summed E-state index contributed by atoms with van der Waals surface area (Å²) in [5.41, 5.74) is 3.04. The number of pyridine rings is 1. The van der Waals surface area contributed by atoms with Crippen molar-refractivity contribution >= 4 is 0 Å². The van der Waals surface area contributed by atoms with E-state index < -0.39 is 0 Å². The molecule has 1 heterocycles. The first kappa shape index (κ1) is 14.3. The van der Waals surface area contributed by atoms with Crippen molar-refractivity contribution in [1.29, 1.82) is 0 Å². The Labute approximate surface area is 117 Å². The van der Waals surface area contributed by atoms with Gasteiger partial charge in [0.05, 0.1) is 0 Å². The fourth-order valence-electron chi connectivity index (χ4n) is 2.78. The van der Waals surface area contributed by atoms with Gasteiger partial charge in [0.25, 0.3) is 0 Å². The highest BCUT2D eigenvalue weighted by atomic mass is 14.9. The Balaban J connectivity index is 1.91. The molecule has 1 aliphatic carbocycles. The molecule has 1 unspecified atom stereocenters. The van der Waals surface area contributed by atoms with Crippen molar-refractivity contribution in [3.05, 3.63) is 41.7 Å². The van der Waals surface area contributed by atoms with E-state index in [-0.39, 0.29) is 0 Å². The summed E-state index contributed by atoms with van der Waals surface area (Å²) in [6.45, 7) is 3.36. The third-order valence-electron chi connectivity index (χ3n) is 3.89. The molecule has 1 aliphatic rings. The summed E-state index contributed by atoms with van der Waals surface area (Å²) >= 11 is 0. The van der Waals surface area contributed by atoms with E-state index in [1.165, 1.54) is 44.1 Å². The van der Waals surface area contributed by atoms with Crippen LogP contribution in [-0.4, -0.2) is 17.6 Å². The van der Waals surface area contributed by atoms with Gasteiger partial charge in [0.2, 0.25) is 0 Å². The number of aromatic nitrogens is 1. The lowest BCUT2D eigenvalue weighted by atomic mass is 9.90. The predicted molar refractivity (Wildman–Crippen MR) is 81.2 cm³/mol. The highest BCUT2D eigenvalue weighted by Crippen LogP contribution is 2.23. The fourth-order valence-corrected chi connectivity index (χ4v) is 2.78. The molecule has 1 aromatic rings. The van der Waals surface area contributed by atoms with E-state index in [9.17, 15) is 0 Å². The average molecular weight is 258 g/mol. The molecule has 2 heteroatoms. The van der Waals surface area contributed by atoms with Gasteiger partial charge in [-0.05, 0) is 69.2 Å². The molecule has 0 aromatic carbocycles. The molecule has 19 heavy (non-hydrogen) atoms. The van der Waals surface area contributed by atoms with E-state index in [2.05, 4.69) is 35.4 Å². The smallest absolute Gasteiger partial charge is 0.0282 e. The molecule has 0 aliphatic heterocycles. The Morgan fingerprint density at radius 2 is 2.11 bits per heavy atom. The highest BCUT2D eigenvalue weighted by molar-refractivity contribution is 5.16. The van der Waals surface area contributed by atoms with Gasteiger partial charge in [-0.1, -0.05) is 18.6 Å². The van der Waals surface area contributed by atoms with Gasteiger partial charge in [-0.25, -0.2) is 0 Å². The predicted octanol–water partition coefficient (Wildman–Crippen LogP) is 3.88. The van der Waals surface area contributed by atoms with Crippen molar-refractivity contribution < 1.29 is 0 Å². The van der Waals surface area contributed by atoms with Crippen molar-refractivity contribution in [1.82, 2.24) is 10.3 Å². The third kappa shape index (κ3) is 4.79. The molecule has 1 N–H and O–H groups in total. The molecule has 0 fully saturated rings. The normalized spacial score (nSPS) is 17.0. The number of aryl methyl sites for hydroxylation is 1. The number of nitrogens with one attached hydrogen (secondary N) is 1. The van der Waals surface area contributed by atoms with Crippen LogP contribution in [0.4, 0.5) is 0 Å². The fraction of sp³-hybridized carbons (Fsp3) is 0.588. The Morgan fingerprint density at radius 3 is 2.79 bits per heavy atom. The minimum absolute atomic E-state index is 0.577. The van der Waals surface area contributed by atoms with E-state index in [0.717, 1.165) is 13.0 Å². The summed E-state index contributed by atoms with van der Waals surface area (Å²) < 4.78 is 0. The zero-order chi connectivity index (χ0) is 13.3. The summed E-state index contributed by atoms with van der Waals surface area (Å²) in [5.74, 6) is 0. The van der Waals surface area contributed by atoms with Gasteiger partial charge in [0, 0.05) is 18.4 Å². The Bertz CT molecular complexity index is 384. The SMILES string of the molecule is CCCNC(CCc1ccncc1)C1=CCCCC1. The average Bonchev–Trinajstić information content (AvgIpc) is 2.49. The number of nitrogens with zero attached hydrogens (tertiary/aromatic N) is 1. The molecule has 0 saturated heterocycles. The van der Waals surface area contributed by atoms with Crippen LogP contribution in [0.5, 0.6) is 0 Å². The second-order valence-electron chi connectivity index (χ2n) is 5.43. The van der Waals surface area contributed by atoms with Crippen molar-refractivity contribution in [2.45, 2.75) is 57.9 Å². The minimum Gasteiger partial charge on any atom is -0.310 e. The Hall–Kier alpha value is -1.15. The van der Waals surface area contributed by atoms with Crippen molar-refractivity contribution in [3.8, 4) is 0 Å². The zero-order valence-electron chi connectivity index (χ0n) is 12.1. The molecule has 2 rings (SSSR count). The second kappa shape index (κ2) is 8.11. The number of rotatable bonds is 7. The summed E-state index contributed by atoms with van der Waals surface area (Å²) in [4.78, 5) is 4.08. The Kier molecular flexibility index (Phi) is 6.09. The summed E-state index contributed by atoms with van der Waals surface area (Å²) in [5, 5.41) is 3.73. The summed E-state index contributed by atoms with van der Waals surface area (Å²) in [6, 6.07) is 4.84.